The topological polar surface area (TPSA) is 107 Å². The summed E-state index contributed by atoms with van der Waals surface area (Å²) < 4.78 is 18.6. The summed E-state index contributed by atoms with van der Waals surface area (Å²) >= 11 is 0. The maximum atomic E-state index is 13.6. The number of hydrogen-bond acceptors (Lipinski definition) is 5. The number of rotatable bonds is 7. The van der Waals surface area contributed by atoms with Crippen LogP contribution in [0.5, 0.6) is 5.75 Å². The zero-order chi connectivity index (χ0) is 15.3. The lowest BCUT2D eigenvalue weighted by atomic mass is 10.2. The summed E-state index contributed by atoms with van der Waals surface area (Å²) in [5, 5.41) is 13.6. The third kappa shape index (κ3) is 4.16. The van der Waals surface area contributed by atoms with E-state index >= 15 is 0 Å². The first-order valence-corrected chi connectivity index (χ1v) is 5.94. The van der Waals surface area contributed by atoms with Crippen molar-refractivity contribution in [2.75, 3.05) is 6.61 Å². The second kappa shape index (κ2) is 6.80. The predicted molar refractivity (Wildman–Crippen MR) is 69.8 cm³/mol. The van der Waals surface area contributed by atoms with Crippen molar-refractivity contribution in [3.05, 3.63) is 34.1 Å². The van der Waals surface area contributed by atoms with E-state index in [1.807, 2.05) is 0 Å². The molecule has 1 aromatic carbocycles. The van der Waals surface area contributed by atoms with Crippen molar-refractivity contribution in [2.45, 2.75) is 25.9 Å². The fourth-order valence-electron chi connectivity index (χ4n) is 1.57. The second-order valence-corrected chi connectivity index (χ2v) is 4.43. The molecule has 0 saturated carbocycles. The first-order chi connectivity index (χ1) is 9.32. The number of primary amides is 1. The molecule has 8 heteroatoms. The number of ether oxygens (including phenoxy) is 1. The van der Waals surface area contributed by atoms with Crippen molar-refractivity contribution in [3.8, 4) is 5.75 Å². The molecule has 3 N–H and O–H groups in total. The van der Waals surface area contributed by atoms with Crippen LogP contribution in [-0.2, 0) is 4.79 Å². The third-order valence-electron chi connectivity index (χ3n) is 2.42. The fraction of sp³-hybridized carbons (Fsp3) is 0.417. The van der Waals surface area contributed by atoms with Crippen LogP contribution in [0.4, 0.5) is 10.1 Å². The number of nitro benzene ring substituents is 1. The molecule has 1 atom stereocenters. The summed E-state index contributed by atoms with van der Waals surface area (Å²) in [6.07, 6.45) is 0. The quantitative estimate of drug-likeness (QED) is 0.573. The number of benzene rings is 1. The smallest absolute Gasteiger partial charge is 0.314 e. The standard InChI is InChI=1S/C12H16FN3O4/c1-7(2)15-9(12(14)17)6-20-11-8(13)4-3-5-10(11)16(18)19/h3-5,7,9,15H,6H2,1-2H3,(H2,14,17). The molecule has 0 saturated heterocycles. The highest BCUT2D eigenvalue weighted by Crippen LogP contribution is 2.29. The summed E-state index contributed by atoms with van der Waals surface area (Å²) in [7, 11) is 0. The van der Waals surface area contributed by atoms with Crippen molar-refractivity contribution in [1.82, 2.24) is 5.32 Å². The first-order valence-electron chi connectivity index (χ1n) is 5.94. The summed E-state index contributed by atoms with van der Waals surface area (Å²) in [4.78, 5) is 21.2. The monoisotopic (exact) mass is 285 g/mol. The van der Waals surface area contributed by atoms with Crippen LogP contribution in [0, 0.1) is 15.9 Å². The molecule has 1 rings (SSSR count). The molecule has 0 aliphatic rings. The van der Waals surface area contributed by atoms with Crippen molar-refractivity contribution >= 4 is 11.6 Å². The molecule has 0 radical (unpaired) electrons. The molecule has 0 aliphatic heterocycles. The van der Waals surface area contributed by atoms with Gasteiger partial charge >= 0.3 is 5.69 Å². The molecular formula is C12H16FN3O4. The van der Waals surface area contributed by atoms with Gasteiger partial charge in [0.2, 0.25) is 11.7 Å². The van der Waals surface area contributed by atoms with Crippen LogP contribution < -0.4 is 15.8 Å². The van der Waals surface area contributed by atoms with E-state index in [2.05, 4.69) is 5.32 Å². The summed E-state index contributed by atoms with van der Waals surface area (Å²) in [5.74, 6) is -2.06. The number of carbonyl (C=O) groups excluding carboxylic acids is 1. The van der Waals surface area contributed by atoms with Gasteiger partial charge in [-0.2, -0.15) is 0 Å². The van der Waals surface area contributed by atoms with E-state index in [0.29, 0.717) is 0 Å². The lowest BCUT2D eigenvalue weighted by molar-refractivity contribution is -0.386. The Bertz CT molecular complexity index is 507. The maximum Gasteiger partial charge on any atom is 0.314 e. The lowest BCUT2D eigenvalue weighted by Crippen LogP contribution is -2.48. The van der Waals surface area contributed by atoms with Gasteiger partial charge in [0, 0.05) is 12.1 Å². The van der Waals surface area contributed by atoms with Crippen LogP contribution in [0.3, 0.4) is 0 Å². The SMILES string of the molecule is CC(C)NC(COc1c(F)cccc1[N+](=O)[O-])C(N)=O. The number of nitrogens with zero attached hydrogens (tertiary/aromatic N) is 1. The molecule has 0 aromatic heterocycles. The van der Waals surface area contributed by atoms with Crippen LogP contribution in [0.2, 0.25) is 0 Å². The minimum Gasteiger partial charge on any atom is -0.483 e. The van der Waals surface area contributed by atoms with E-state index < -0.39 is 34.1 Å². The van der Waals surface area contributed by atoms with Gasteiger partial charge in [0.25, 0.3) is 0 Å². The molecule has 0 aliphatic carbocycles. The van der Waals surface area contributed by atoms with Crippen LogP contribution >= 0.6 is 0 Å². The number of amides is 1. The lowest BCUT2D eigenvalue weighted by Gasteiger charge is -2.18. The van der Waals surface area contributed by atoms with E-state index in [0.717, 1.165) is 12.1 Å². The second-order valence-electron chi connectivity index (χ2n) is 4.43. The average Bonchev–Trinajstić information content (AvgIpc) is 2.34. The van der Waals surface area contributed by atoms with Gasteiger partial charge in [0.1, 0.15) is 12.6 Å². The molecule has 0 fully saturated rings. The largest absolute Gasteiger partial charge is 0.483 e. The molecule has 110 valence electrons. The number of hydrogen-bond donors (Lipinski definition) is 2. The molecule has 1 aromatic rings. The summed E-state index contributed by atoms with van der Waals surface area (Å²) in [6, 6.07) is 2.45. The number of carbonyl (C=O) groups is 1. The van der Waals surface area contributed by atoms with Crippen molar-refractivity contribution in [1.29, 1.82) is 0 Å². The highest BCUT2D eigenvalue weighted by atomic mass is 19.1. The minimum absolute atomic E-state index is 0.0493. The average molecular weight is 285 g/mol. The van der Waals surface area contributed by atoms with Gasteiger partial charge < -0.3 is 15.8 Å². The van der Waals surface area contributed by atoms with Gasteiger partial charge in [-0.3, -0.25) is 14.9 Å². The maximum absolute atomic E-state index is 13.6. The van der Waals surface area contributed by atoms with Crippen molar-refractivity contribution in [3.63, 3.8) is 0 Å². The molecule has 20 heavy (non-hydrogen) atoms. The number of halogens is 1. The molecule has 0 heterocycles. The zero-order valence-electron chi connectivity index (χ0n) is 11.1. The number of nitrogens with one attached hydrogen (secondary N) is 1. The fourth-order valence-corrected chi connectivity index (χ4v) is 1.57. The van der Waals surface area contributed by atoms with Gasteiger partial charge in [-0.15, -0.1) is 0 Å². The first kappa shape index (κ1) is 15.8. The Hall–Kier alpha value is -2.22. The molecule has 0 spiro atoms. The van der Waals surface area contributed by atoms with Crippen molar-refractivity contribution in [2.24, 2.45) is 5.73 Å². The Morgan fingerprint density at radius 3 is 2.70 bits per heavy atom. The van der Waals surface area contributed by atoms with E-state index in [9.17, 15) is 19.3 Å². The van der Waals surface area contributed by atoms with Gasteiger partial charge in [0.15, 0.2) is 5.82 Å². The van der Waals surface area contributed by atoms with Crippen LogP contribution in [0.25, 0.3) is 0 Å². The molecule has 1 unspecified atom stereocenters. The Kier molecular flexibility index (Phi) is 5.39. The molecular weight excluding hydrogens is 269 g/mol. The highest BCUT2D eigenvalue weighted by Gasteiger charge is 2.23. The summed E-state index contributed by atoms with van der Waals surface area (Å²) in [5.41, 5.74) is 4.67. The van der Waals surface area contributed by atoms with E-state index in [1.165, 1.54) is 6.07 Å². The number of nitrogens with two attached hydrogens (primary N) is 1. The normalized spacial score (nSPS) is 12.2. The number of nitro groups is 1. The van der Waals surface area contributed by atoms with Crippen LogP contribution in [0.15, 0.2) is 18.2 Å². The van der Waals surface area contributed by atoms with E-state index in [4.69, 9.17) is 10.5 Å². The Labute approximate surface area is 115 Å². The van der Waals surface area contributed by atoms with Gasteiger partial charge in [-0.25, -0.2) is 4.39 Å². The van der Waals surface area contributed by atoms with Gasteiger partial charge in [0.05, 0.1) is 4.92 Å². The Balaban J connectivity index is 2.87. The Morgan fingerprint density at radius 1 is 1.55 bits per heavy atom. The third-order valence-corrected chi connectivity index (χ3v) is 2.42. The minimum atomic E-state index is -0.869. The zero-order valence-corrected chi connectivity index (χ0v) is 11.1. The van der Waals surface area contributed by atoms with E-state index in [1.54, 1.807) is 13.8 Å². The van der Waals surface area contributed by atoms with Gasteiger partial charge in [-0.1, -0.05) is 19.9 Å². The predicted octanol–water partition coefficient (Wildman–Crippen LogP) is 0.965. The van der Waals surface area contributed by atoms with Crippen LogP contribution in [-0.4, -0.2) is 29.5 Å². The van der Waals surface area contributed by atoms with E-state index in [-0.39, 0.29) is 12.6 Å². The highest BCUT2D eigenvalue weighted by molar-refractivity contribution is 5.80. The molecule has 7 nitrogen and oxygen atoms in total. The Morgan fingerprint density at radius 2 is 2.20 bits per heavy atom. The van der Waals surface area contributed by atoms with Gasteiger partial charge in [-0.05, 0) is 6.07 Å². The molecule has 0 bridgehead atoms. The summed E-state index contributed by atoms with van der Waals surface area (Å²) in [6.45, 7) is 3.29. The van der Waals surface area contributed by atoms with Crippen molar-refractivity contribution < 1.29 is 18.8 Å². The molecule has 1 amide bonds. The number of para-hydroxylation sites is 1. The van der Waals surface area contributed by atoms with Crippen LogP contribution in [0.1, 0.15) is 13.8 Å².